The van der Waals surface area contributed by atoms with Crippen LogP contribution in [-0.2, 0) is 21.9 Å². The number of carbonyl (C=O) groups excluding carboxylic acids is 2. The molecule has 1 heterocycles. The van der Waals surface area contributed by atoms with E-state index in [0.29, 0.717) is 40.3 Å². The summed E-state index contributed by atoms with van der Waals surface area (Å²) in [6.45, 7) is 4.50. The highest BCUT2D eigenvalue weighted by atomic mass is 19.4. The maximum atomic E-state index is 14.2. The second-order valence-corrected chi connectivity index (χ2v) is 9.32. The van der Waals surface area contributed by atoms with E-state index in [1.807, 2.05) is 6.92 Å². The van der Waals surface area contributed by atoms with Crippen LogP contribution < -0.4 is 9.80 Å². The minimum absolute atomic E-state index is 0.0601. The molecule has 0 saturated carbocycles. The van der Waals surface area contributed by atoms with Gasteiger partial charge in [-0.05, 0) is 37.6 Å². The molecule has 3 aromatic carbocycles. The lowest BCUT2D eigenvalue weighted by Crippen LogP contribution is -2.52. The molecule has 1 unspecified atom stereocenters. The summed E-state index contributed by atoms with van der Waals surface area (Å²) in [5.74, 6) is -1.80. The molecule has 3 aromatic rings. The van der Waals surface area contributed by atoms with Gasteiger partial charge in [0.15, 0.2) is 0 Å². The minimum Gasteiger partial charge on any atom is -0.305 e. The molecular weight excluding hydrogens is 536 g/mol. The number of benzodiazepines with no additional fused rings is 1. The largest absolute Gasteiger partial charge is 0.418 e. The molecule has 11 heteroatoms. The maximum absolute atomic E-state index is 14.2. The first-order valence-corrected chi connectivity index (χ1v) is 12.4. The summed E-state index contributed by atoms with van der Waals surface area (Å²) in [7, 11) is 0. The van der Waals surface area contributed by atoms with E-state index in [0.717, 1.165) is 6.92 Å². The van der Waals surface area contributed by atoms with E-state index < -0.39 is 53.2 Å². The standard InChI is InChI=1S/C29H25F6N3O2/c1-4-17(2)37-23-13-9-8-12-21(23)25(19-10-6-5-7-11-19)36-26(27(37)40)38(18(3)39)24-15-14-20(28(30,31)32)16-22(24)29(33,34)35/h5-17,26H,4H2,1-3H3/t17-,26?/m1/s1. The Morgan fingerprint density at radius 3 is 2.15 bits per heavy atom. The highest BCUT2D eigenvalue weighted by molar-refractivity contribution is 6.21. The highest BCUT2D eigenvalue weighted by Gasteiger charge is 2.44. The Bertz CT molecular complexity index is 1450. The molecule has 1 aliphatic rings. The van der Waals surface area contributed by atoms with Gasteiger partial charge < -0.3 is 4.90 Å². The van der Waals surface area contributed by atoms with Crippen molar-refractivity contribution in [2.45, 2.75) is 51.8 Å². The van der Waals surface area contributed by atoms with Crippen molar-refractivity contribution in [1.82, 2.24) is 0 Å². The fourth-order valence-electron chi connectivity index (χ4n) is 4.63. The van der Waals surface area contributed by atoms with Crippen molar-refractivity contribution >= 4 is 28.9 Å². The van der Waals surface area contributed by atoms with E-state index in [1.54, 1.807) is 61.5 Å². The Kier molecular flexibility index (Phi) is 7.78. The molecule has 0 aliphatic carbocycles. The predicted octanol–water partition coefficient (Wildman–Crippen LogP) is 7.09. The van der Waals surface area contributed by atoms with E-state index in [9.17, 15) is 35.9 Å². The number of halogens is 6. The summed E-state index contributed by atoms with van der Waals surface area (Å²) in [5, 5.41) is 0. The van der Waals surface area contributed by atoms with E-state index in [-0.39, 0.29) is 11.8 Å². The predicted molar refractivity (Wildman–Crippen MR) is 139 cm³/mol. The number of anilines is 2. The van der Waals surface area contributed by atoms with Crippen LogP contribution in [0.2, 0.25) is 0 Å². The Balaban J connectivity index is 2.04. The van der Waals surface area contributed by atoms with E-state index in [4.69, 9.17) is 0 Å². The average Bonchev–Trinajstić information content (AvgIpc) is 3.02. The molecule has 0 bridgehead atoms. The van der Waals surface area contributed by atoms with Gasteiger partial charge in [-0.2, -0.15) is 26.3 Å². The van der Waals surface area contributed by atoms with E-state index in [2.05, 4.69) is 4.99 Å². The Hall–Kier alpha value is -4.15. The number of hydrogen-bond donors (Lipinski definition) is 0. The molecule has 40 heavy (non-hydrogen) atoms. The van der Waals surface area contributed by atoms with Crippen molar-refractivity contribution in [3.05, 3.63) is 95.1 Å². The zero-order valence-electron chi connectivity index (χ0n) is 21.7. The molecule has 0 fully saturated rings. The first-order chi connectivity index (χ1) is 18.8. The molecular formula is C29H25F6N3O2. The van der Waals surface area contributed by atoms with Gasteiger partial charge in [-0.1, -0.05) is 55.5 Å². The van der Waals surface area contributed by atoms with Gasteiger partial charge in [0.1, 0.15) is 0 Å². The first kappa shape index (κ1) is 28.8. The van der Waals surface area contributed by atoms with Crippen molar-refractivity contribution < 1.29 is 35.9 Å². The smallest absolute Gasteiger partial charge is 0.305 e. The number of para-hydroxylation sites is 1. The Morgan fingerprint density at radius 2 is 1.57 bits per heavy atom. The van der Waals surface area contributed by atoms with Crippen LogP contribution >= 0.6 is 0 Å². The van der Waals surface area contributed by atoms with Crippen LogP contribution in [0.15, 0.2) is 77.8 Å². The van der Waals surface area contributed by atoms with Crippen molar-refractivity contribution in [3.63, 3.8) is 0 Å². The van der Waals surface area contributed by atoms with Gasteiger partial charge in [-0.3, -0.25) is 14.5 Å². The molecule has 2 amide bonds. The van der Waals surface area contributed by atoms with Gasteiger partial charge in [-0.15, -0.1) is 0 Å². The fraction of sp³-hybridized carbons (Fsp3) is 0.276. The SMILES string of the molecule is CC[C@@H](C)N1C(=O)C(N(C(C)=O)c2ccc(C(F)(F)F)cc2C(F)(F)F)N=C(c2ccccc2)c2ccccc21. The second kappa shape index (κ2) is 10.8. The number of rotatable bonds is 5. The van der Waals surface area contributed by atoms with Gasteiger partial charge in [-0.25, -0.2) is 4.99 Å². The van der Waals surface area contributed by atoms with Crippen molar-refractivity contribution in [2.75, 3.05) is 9.80 Å². The number of nitrogens with zero attached hydrogens (tertiary/aromatic N) is 3. The van der Waals surface area contributed by atoms with Crippen LogP contribution in [0.25, 0.3) is 0 Å². The molecule has 0 radical (unpaired) electrons. The normalized spacial score (nSPS) is 16.6. The van der Waals surface area contributed by atoms with Crippen LogP contribution in [0.5, 0.6) is 0 Å². The highest BCUT2D eigenvalue weighted by Crippen LogP contribution is 2.42. The Labute approximate surface area is 226 Å². The Morgan fingerprint density at radius 1 is 0.950 bits per heavy atom. The lowest BCUT2D eigenvalue weighted by Gasteiger charge is -2.35. The lowest BCUT2D eigenvalue weighted by atomic mass is 9.99. The van der Waals surface area contributed by atoms with Crippen molar-refractivity contribution in [3.8, 4) is 0 Å². The quantitative estimate of drug-likeness (QED) is 0.313. The van der Waals surface area contributed by atoms with Gasteiger partial charge in [0.2, 0.25) is 12.1 Å². The number of benzene rings is 3. The van der Waals surface area contributed by atoms with Crippen LogP contribution in [0.3, 0.4) is 0 Å². The zero-order valence-corrected chi connectivity index (χ0v) is 21.7. The third-order valence-electron chi connectivity index (χ3n) is 6.68. The summed E-state index contributed by atoms with van der Waals surface area (Å²) in [4.78, 5) is 33.6. The van der Waals surface area contributed by atoms with Crippen LogP contribution in [0.1, 0.15) is 49.4 Å². The van der Waals surface area contributed by atoms with Gasteiger partial charge >= 0.3 is 12.4 Å². The molecule has 4 rings (SSSR count). The maximum Gasteiger partial charge on any atom is 0.418 e. The van der Waals surface area contributed by atoms with Crippen LogP contribution in [0, 0.1) is 0 Å². The minimum atomic E-state index is -5.27. The molecule has 1 aliphatic heterocycles. The van der Waals surface area contributed by atoms with E-state index in [1.165, 1.54) is 4.90 Å². The van der Waals surface area contributed by atoms with Crippen LogP contribution in [-0.4, -0.2) is 29.7 Å². The number of carbonyl (C=O) groups is 2. The van der Waals surface area contributed by atoms with Crippen molar-refractivity contribution in [1.29, 1.82) is 0 Å². The topological polar surface area (TPSA) is 53.0 Å². The molecule has 5 nitrogen and oxygen atoms in total. The number of aliphatic imine (C=N–C) groups is 1. The average molecular weight is 562 g/mol. The third-order valence-corrected chi connectivity index (χ3v) is 6.68. The number of amides is 2. The first-order valence-electron chi connectivity index (χ1n) is 12.4. The number of alkyl halides is 6. The van der Waals surface area contributed by atoms with Crippen molar-refractivity contribution in [2.24, 2.45) is 4.99 Å². The molecule has 0 aromatic heterocycles. The molecule has 210 valence electrons. The van der Waals surface area contributed by atoms with Gasteiger partial charge in [0.05, 0.1) is 28.2 Å². The zero-order chi connectivity index (χ0) is 29.4. The number of hydrogen-bond acceptors (Lipinski definition) is 3. The summed E-state index contributed by atoms with van der Waals surface area (Å²) in [6, 6.07) is 15.9. The summed E-state index contributed by atoms with van der Waals surface area (Å²) in [6.07, 6.45) is -11.7. The van der Waals surface area contributed by atoms with Gasteiger partial charge in [0, 0.05) is 24.1 Å². The molecule has 2 atom stereocenters. The summed E-state index contributed by atoms with van der Waals surface area (Å²) >= 11 is 0. The third kappa shape index (κ3) is 5.45. The fourth-order valence-corrected chi connectivity index (χ4v) is 4.63. The summed E-state index contributed by atoms with van der Waals surface area (Å²) in [5.41, 5.74) is -2.42. The van der Waals surface area contributed by atoms with E-state index >= 15 is 0 Å². The second-order valence-electron chi connectivity index (χ2n) is 9.32. The lowest BCUT2D eigenvalue weighted by molar-refractivity contribution is -0.143. The summed E-state index contributed by atoms with van der Waals surface area (Å²) < 4.78 is 82.6. The molecule has 0 saturated heterocycles. The number of fused-ring (bicyclic) bond motifs is 1. The molecule has 0 N–H and O–H groups in total. The van der Waals surface area contributed by atoms with Crippen LogP contribution in [0.4, 0.5) is 37.7 Å². The molecule has 0 spiro atoms. The monoisotopic (exact) mass is 561 g/mol. The van der Waals surface area contributed by atoms with Gasteiger partial charge in [0.25, 0.3) is 5.91 Å².